The van der Waals surface area contributed by atoms with E-state index in [2.05, 4.69) is 21.4 Å². The molecule has 0 aliphatic rings. The normalized spacial score (nSPS) is 12.0. The van der Waals surface area contributed by atoms with Crippen molar-refractivity contribution in [3.8, 4) is 5.75 Å². The van der Waals surface area contributed by atoms with Crippen LogP contribution in [0.1, 0.15) is 36.4 Å². The molecule has 0 spiro atoms. The summed E-state index contributed by atoms with van der Waals surface area (Å²) in [5.74, 6) is 0.0465. The zero-order valence-corrected chi connectivity index (χ0v) is 17.9. The summed E-state index contributed by atoms with van der Waals surface area (Å²) in [4.78, 5) is 15.0. The number of nitro benzene ring substituents is 1. The lowest BCUT2D eigenvalue weighted by Crippen LogP contribution is -2.18. The quantitative estimate of drug-likeness (QED) is 0.259. The standard InChI is InChI=1S/C23H22F2N4O3/c1-15-12-22(27-28(15)14-18-6-5-7-20(13-18)29(30)31)17(3)26-16(2)19-8-10-21(11-9-19)32-23(4,24)25/h5-13H,2,14H2,1,3-4H3/b26-17+. The minimum atomic E-state index is -3.26. The van der Waals surface area contributed by atoms with Gasteiger partial charge in [0.05, 0.1) is 22.9 Å². The van der Waals surface area contributed by atoms with Gasteiger partial charge in [0.15, 0.2) is 0 Å². The van der Waals surface area contributed by atoms with Gasteiger partial charge in [0.1, 0.15) is 11.4 Å². The molecule has 3 rings (SSSR count). The third kappa shape index (κ3) is 5.84. The number of hydrogen-bond donors (Lipinski definition) is 0. The molecule has 2 aromatic carbocycles. The van der Waals surface area contributed by atoms with E-state index in [0.29, 0.717) is 36.1 Å². The van der Waals surface area contributed by atoms with Crippen LogP contribution in [0.3, 0.4) is 0 Å². The van der Waals surface area contributed by atoms with Crippen LogP contribution in [0.4, 0.5) is 14.5 Å². The van der Waals surface area contributed by atoms with Gasteiger partial charge in [-0.1, -0.05) is 18.7 Å². The second kappa shape index (κ2) is 9.09. The fourth-order valence-electron chi connectivity index (χ4n) is 3.03. The van der Waals surface area contributed by atoms with Gasteiger partial charge in [-0.05, 0) is 55.3 Å². The number of ether oxygens (including phenoxy) is 1. The Hall–Kier alpha value is -3.88. The molecular formula is C23H22F2N4O3. The first-order valence-corrected chi connectivity index (χ1v) is 9.71. The molecule has 1 heterocycles. The number of aromatic nitrogens is 2. The average molecular weight is 440 g/mol. The summed E-state index contributed by atoms with van der Waals surface area (Å²) in [6.07, 6.45) is -3.26. The summed E-state index contributed by atoms with van der Waals surface area (Å²) >= 11 is 0. The van der Waals surface area contributed by atoms with Crippen LogP contribution in [0.5, 0.6) is 5.75 Å². The zero-order valence-electron chi connectivity index (χ0n) is 17.9. The molecule has 32 heavy (non-hydrogen) atoms. The predicted molar refractivity (Wildman–Crippen MR) is 118 cm³/mol. The largest absolute Gasteiger partial charge is 0.433 e. The Morgan fingerprint density at radius 3 is 2.56 bits per heavy atom. The van der Waals surface area contributed by atoms with E-state index in [0.717, 1.165) is 11.3 Å². The maximum Gasteiger partial charge on any atom is 0.394 e. The monoisotopic (exact) mass is 440 g/mol. The van der Waals surface area contributed by atoms with Gasteiger partial charge in [-0.25, -0.2) is 0 Å². The minimum Gasteiger partial charge on any atom is -0.433 e. The number of non-ortho nitro benzene ring substituents is 1. The lowest BCUT2D eigenvalue weighted by atomic mass is 10.1. The highest BCUT2D eigenvalue weighted by Gasteiger charge is 2.23. The van der Waals surface area contributed by atoms with E-state index in [1.807, 2.05) is 13.0 Å². The van der Waals surface area contributed by atoms with Gasteiger partial charge < -0.3 is 4.74 Å². The zero-order chi connectivity index (χ0) is 23.5. The van der Waals surface area contributed by atoms with Crippen LogP contribution in [-0.2, 0) is 6.54 Å². The fraction of sp³-hybridized carbons (Fsp3) is 0.217. The number of alkyl halides is 2. The number of benzene rings is 2. The van der Waals surface area contributed by atoms with Crippen LogP contribution in [0.15, 0.2) is 66.2 Å². The highest BCUT2D eigenvalue weighted by molar-refractivity contribution is 6.00. The highest BCUT2D eigenvalue weighted by Crippen LogP contribution is 2.24. The fourth-order valence-corrected chi connectivity index (χ4v) is 3.03. The van der Waals surface area contributed by atoms with Crippen LogP contribution >= 0.6 is 0 Å². The topological polar surface area (TPSA) is 82.5 Å². The number of aryl methyl sites for hydroxylation is 1. The molecule has 0 N–H and O–H groups in total. The lowest BCUT2D eigenvalue weighted by molar-refractivity contribution is -0.384. The first kappa shape index (κ1) is 22.8. The van der Waals surface area contributed by atoms with Gasteiger partial charge in [-0.15, -0.1) is 0 Å². The molecule has 0 saturated carbocycles. The van der Waals surface area contributed by atoms with Crippen molar-refractivity contribution in [1.82, 2.24) is 9.78 Å². The summed E-state index contributed by atoms with van der Waals surface area (Å²) in [5.41, 5.74) is 4.02. The smallest absolute Gasteiger partial charge is 0.394 e. The van der Waals surface area contributed by atoms with Crippen molar-refractivity contribution in [2.24, 2.45) is 4.99 Å². The molecule has 0 aliphatic heterocycles. The van der Waals surface area contributed by atoms with E-state index in [9.17, 15) is 18.9 Å². The molecule has 0 bridgehead atoms. The van der Waals surface area contributed by atoms with E-state index in [1.165, 1.54) is 24.3 Å². The summed E-state index contributed by atoms with van der Waals surface area (Å²) in [7, 11) is 0. The first-order valence-electron chi connectivity index (χ1n) is 9.71. The Balaban J connectivity index is 1.75. The molecule has 3 aromatic rings. The van der Waals surface area contributed by atoms with Crippen LogP contribution < -0.4 is 4.74 Å². The molecule has 0 atom stereocenters. The number of nitrogens with zero attached hydrogens (tertiary/aromatic N) is 4. The van der Waals surface area contributed by atoms with Crippen molar-refractivity contribution >= 4 is 17.1 Å². The average Bonchev–Trinajstić information content (AvgIpc) is 3.08. The third-order valence-electron chi connectivity index (χ3n) is 4.59. The number of rotatable bonds is 8. The molecule has 166 valence electrons. The van der Waals surface area contributed by atoms with Crippen molar-refractivity contribution in [2.45, 2.75) is 33.4 Å². The molecule has 7 nitrogen and oxygen atoms in total. The molecule has 0 radical (unpaired) electrons. The van der Waals surface area contributed by atoms with E-state index < -0.39 is 11.0 Å². The number of hydrogen-bond acceptors (Lipinski definition) is 5. The van der Waals surface area contributed by atoms with Crippen molar-refractivity contribution < 1.29 is 18.4 Å². The number of nitro groups is 1. The van der Waals surface area contributed by atoms with Crippen molar-refractivity contribution in [1.29, 1.82) is 0 Å². The highest BCUT2D eigenvalue weighted by atomic mass is 19.3. The number of halogens is 2. The van der Waals surface area contributed by atoms with Crippen LogP contribution in [0.25, 0.3) is 5.70 Å². The van der Waals surface area contributed by atoms with E-state index in [1.54, 1.807) is 35.9 Å². The Morgan fingerprint density at radius 2 is 1.94 bits per heavy atom. The number of aliphatic imine (C=N–C) groups is 1. The first-order chi connectivity index (χ1) is 15.0. The molecule has 0 amide bonds. The maximum absolute atomic E-state index is 13.0. The second-order valence-electron chi connectivity index (χ2n) is 7.33. The van der Waals surface area contributed by atoms with Gasteiger partial charge in [0.2, 0.25) is 0 Å². The Kier molecular flexibility index (Phi) is 6.47. The van der Waals surface area contributed by atoms with Crippen molar-refractivity contribution in [3.05, 3.63) is 93.8 Å². The Morgan fingerprint density at radius 1 is 1.25 bits per heavy atom. The Bertz CT molecular complexity index is 1180. The molecule has 0 aliphatic carbocycles. The summed E-state index contributed by atoms with van der Waals surface area (Å²) in [5, 5.41) is 15.5. The molecule has 0 unspecified atom stereocenters. The molecule has 0 saturated heterocycles. The van der Waals surface area contributed by atoms with Gasteiger partial charge in [0.25, 0.3) is 5.69 Å². The van der Waals surface area contributed by atoms with Crippen LogP contribution in [0, 0.1) is 17.0 Å². The summed E-state index contributed by atoms with van der Waals surface area (Å²) in [6, 6.07) is 14.3. The van der Waals surface area contributed by atoms with Gasteiger partial charge in [-0.2, -0.15) is 13.9 Å². The van der Waals surface area contributed by atoms with Gasteiger partial charge in [0, 0.05) is 24.8 Å². The summed E-state index contributed by atoms with van der Waals surface area (Å²) in [6.45, 7) is 8.68. The van der Waals surface area contributed by atoms with E-state index in [-0.39, 0.29) is 11.4 Å². The minimum absolute atomic E-state index is 0.0284. The van der Waals surface area contributed by atoms with Crippen LogP contribution in [0.2, 0.25) is 0 Å². The van der Waals surface area contributed by atoms with Crippen molar-refractivity contribution in [3.63, 3.8) is 0 Å². The predicted octanol–water partition coefficient (Wildman–Crippen LogP) is 5.62. The van der Waals surface area contributed by atoms with Gasteiger partial charge >= 0.3 is 6.11 Å². The third-order valence-corrected chi connectivity index (χ3v) is 4.59. The van der Waals surface area contributed by atoms with Gasteiger partial charge in [-0.3, -0.25) is 19.8 Å². The second-order valence-corrected chi connectivity index (χ2v) is 7.33. The maximum atomic E-state index is 13.0. The van der Waals surface area contributed by atoms with E-state index in [4.69, 9.17) is 0 Å². The van der Waals surface area contributed by atoms with Crippen LogP contribution in [-0.4, -0.2) is 26.5 Å². The Labute approximate surface area is 183 Å². The molecule has 0 fully saturated rings. The molecule has 9 heteroatoms. The molecule has 1 aromatic heterocycles. The lowest BCUT2D eigenvalue weighted by Gasteiger charge is -2.13. The molecular weight excluding hydrogens is 418 g/mol. The van der Waals surface area contributed by atoms with Crippen molar-refractivity contribution in [2.75, 3.05) is 0 Å². The van der Waals surface area contributed by atoms with E-state index >= 15 is 0 Å². The SMILES string of the molecule is C=C(/N=C(\C)c1cc(C)n(Cc2cccc([N+](=O)[O-])c2)n1)c1ccc(OC(C)(F)F)cc1. The summed E-state index contributed by atoms with van der Waals surface area (Å²) < 4.78 is 32.2.